The minimum Gasteiger partial charge on any atom is -0.391 e. The van der Waals surface area contributed by atoms with Gasteiger partial charge in [-0.3, -0.25) is 4.79 Å². The number of benzene rings is 1. The van der Waals surface area contributed by atoms with Gasteiger partial charge in [-0.15, -0.1) is 12.4 Å². The summed E-state index contributed by atoms with van der Waals surface area (Å²) in [5, 5.41) is 11.4. The van der Waals surface area contributed by atoms with Gasteiger partial charge < -0.3 is 14.9 Å². The van der Waals surface area contributed by atoms with E-state index >= 15 is 0 Å². The molecule has 140 valence electrons. The molecular weight excluding hydrogens is 383 g/mol. The maximum absolute atomic E-state index is 12.8. The lowest BCUT2D eigenvalue weighted by Gasteiger charge is -2.41. The average molecular weight is 408 g/mol. The van der Waals surface area contributed by atoms with E-state index in [1.807, 2.05) is 11.0 Å². The van der Waals surface area contributed by atoms with Crippen LogP contribution in [0.15, 0.2) is 18.2 Å². The molecule has 25 heavy (non-hydrogen) atoms. The molecule has 0 radical (unpaired) electrons. The standard InChI is InChI=1S/C18H24Cl2N2O2.ClH/c19-14-6-5-13(10-15(14)20)11-18(24)22-9-3-4-17(23)16(22)12-21-7-1-2-8-21;/h5-6,10,16-17,23H,1-4,7-9,11-12H2;1H/t16-,17+;/m0./s1. The van der Waals surface area contributed by atoms with E-state index in [0.717, 1.165) is 44.6 Å². The molecule has 0 bridgehead atoms. The molecule has 2 fully saturated rings. The Morgan fingerprint density at radius 3 is 2.52 bits per heavy atom. The fourth-order valence-electron chi connectivity index (χ4n) is 3.72. The molecule has 0 aliphatic carbocycles. The summed E-state index contributed by atoms with van der Waals surface area (Å²) in [4.78, 5) is 17.0. The fourth-order valence-corrected chi connectivity index (χ4v) is 4.04. The molecule has 0 saturated carbocycles. The Kier molecular flexibility index (Phi) is 7.84. The molecule has 2 aliphatic heterocycles. The van der Waals surface area contributed by atoms with Crippen molar-refractivity contribution in [2.24, 2.45) is 0 Å². The Hall–Kier alpha value is -0.520. The Morgan fingerprint density at radius 2 is 1.84 bits per heavy atom. The van der Waals surface area contributed by atoms with E-state index in [1.165, 1.54) is 12.8 Å². The summed E-state index contributed by atoms with van der Waals surface area (Å²) >= 11 is 12.0. The molecular formula is C18H25Cl3N2O2. The Labute approximate surface area is 165 Å². The molecule has 0 aromatic heterocycles. The summed E-state index contributed by atoms with van der Waals surface area (Å²) in [7, 11) is 0. The van der Waals surface area contributed by atoms with Crippen LogP contribution in [-0.2, 0) is 11.2 Å². The summed E-state index contributed by atoms with van der Waals surface area (Å²) < 4.78 is 0. The third-order valence-corrected chi connectivity index (χ3v) is 5.79. The van der Waals surface area contributed by atoms with Crippen molar-refractivity contribution in [2.45, 2.75) is 44.2 Å². The van der Waals surface area contributed by atoms with Crippen LogP contribution in [0.3, 0.4) is 0 Å². The van der Waals surface area contributed by atoms with Gasteiger partial charge in [-0.2, -0.15) is 0 Å². The molecule has 4 nitrogen and oxygen atoms in total. The zero-order valence-corrected chi connectivity index (χ0v) is 16.5. The Morgan fingerprint density at radius 1 is 1.12 bits per heavy atom. The second kappa shape index (κ2) is 9.43. The SMILES string of the molecule is Cl.O=C(Cc1ccc(Cl)c(Cl)c1)N1CCC[C@@H](O)[C@@H]1CN1CCCC1. The zero-order chi connectivity index (χ0) is 17.1. The van der Waals surface area contributed by atoms with Crippen molar-refractivity contribution >= 4 is 41.5 Å². The molecule has 2 atom stereocenters. The van der Waals surface area contributed by atoms with Crippen molar-refractivity contribution in [3.8, 4) is 0 Å². The first-order valence-corrected chi connectivity index (χ1v) is 9.44. The molecule has 7 heteroatoms. The number of hydrogen-bond donors (Lipinski definition) is 1. The van der Waals surface area contributed by atoms with Crippen molar-refractivity contribution in [1.29, 1.82) is 0 Å². The zero-order valence-electron chi connectivity index (χ0n) is 14.2. The van der Waals surface area contributed by atoms with E-state index in [2.05, 4.69) is 4.90 Å². The normalized spacial score (nSPS) is 24.2. The molecule has 2 saturated heterocycles. The lowest BCUT2D eigenvalue weighted by atomic mass is 9.97. The first-order chi connectivity index (χ1) is 11.5. The molecule has 1 N–H and O–H groups in total. The predicted octanol–water partition coefficient (Wildman–Crippen LogP) is 3.41. The minimum absolute atomic E-state index is 0. The number of aliphatic hydroxyl groups is 1. The quantitative estimate of drug-likeness (QED) is 0.832. The maximum Gasteiger partial charge on any atom is 0.227 e. The van der Waals surface area contributed by atoms with E-state index in [-0.39, 0.29) is 24.4 Å². The third kappa shape index (κ3) is 5.24. The van der Waals surface area contributed by atoms with Gasteiger partial charge in [0.2, 0.25) is 5.91 Å². The van der Waals surface area contributed by atoms with Crippen molar-refractivity contribution in [2.75, 3.05) is 26.2 Å². The highest BCUT2D eigenvalue weighted by Crippen LogP contribution is 2.25. The lowest BCUT2D eigenvalue weighted by Crippen LogP contribution is -2.56. The summed E-state index contributed by atoms with van der Waals surface area (Å²) in [6, 6.07) is 5.20. The number of carbonyl (C=O) groups excluding carboxylic acids is 1. The van der Waals surface area contributed by atoms with Gasteiger partial charge in [-0.05, 0) is 56.5 Å². The average Bonchev–Trinajstić information content (AvgIpc) is 3.06. The van der Waals surface area contributed by atoms with E-state index in [1.54, 1.807) is 12.1 Å². The largest absolute Gasteiger partial charge is 0.391 e. The molecule has 2 heterocycles. The smallest absolute Gasteiger partial charge is 0.227 e. The number of amides is 1. The number of hydrogen-bond acceptors (Lipinski definition) is 3. The Bertz CT molecular complexity index is 594. The molecule has 1 amide bonds. The molecule has 3 rings (SSSR count). The van der Waals surface area contributed by atoms with Gasteiger partial charge in [0.1, 0.15) is 0 Å². The summed E-state index contributed by atoms with van der Waals surface area (Å²) in [5.74, 6) is 0.0522. The van der Waals surface area contributed by atoms with Gasteiger partial charge in [-0.25, -0.2) is 0 Å². The number of carbonyl (C=O) groups is 1. The lowest BCUT2D eigenvalue weighted by molar-refractivity contribution is -0.138. The summed E-state index contributed by atoms with van der Waals surface area (Å²) in [6.45, 7) is 3.63. The number of piperidine rings is 1. The first-order valence-electron chi connectivity index (χ1n) is 8.68. The number of likely N-dealkylation sites (tertiary alicyclic amines) is 2. The van der Waals surface area contributed by atoms with E-state index < -0.39 is 6.10 Å². The highest BCUT2D eigenvalue weighted by molar-refractivity contribution is 6.42. The predicted molar refractivity (Wildman–Crippen MR) is 104 cm³/mol. The third-order valence-electron chi connectivity index (χ3n) is 5.05. The van der Waals surface area contributed by atoms with Crippen LogP contribution in [0.1, 0.15) is 31.2 Å². The van der Waals surface area contributed by atoms with Crippen LogP contribution < -0.4 is 0 Å². The highest BCUT2D eigenvalue weighted by atomic mass is 35.5. The van der Waals surface area contributed by atoms with E-state index in [9.17, 15) is 9.90 Å². The molecule has 1 aromatic carbocycles. The van der Waals surface area contributed by atoms with Crippen molar-refractivity contribution in [1.82, 2.24) is 9.80 Å². The van der Waals surface area contributed by atoms with Gasteiger partial charge in [0, 0.05) is 13.1 Å². The number of rotatable bonds is 4. The maximum atomic E-state index is 12.8. The van der Waals surface area contributed by atoms with E-state index in [0.29, 0.717) is 16.5 Å². The van der Waals surface area contributed by atoms with Crippen molar-refractivity contribution in [3.63, 3.8) is 0 Å². The van der Waals surface area contributed by atoms with Gasteiger partial charge in [0.15, 0.2) is 0 Å². The van der Waals surface area contributed by atoms with Crippen LogP contribution in [0, 0.1) is 0 Å². The molecule has 0 unspecified atom stereocenters. The van der Waals surface area contributed by atoms with Crippen molar-refractivity contribution in [3.05, 3.63) is 33.8 Å². The van der Waals surface area contributed by atoms with Crippen LogP contribution >= 0.6 is 35.6 Å². The summed E-state index contributed by atoms with van der Waals surface area (Å²) in [6.07, 6.45) is 3.90. The fraction of sp³-hybridized carbons (Fsp3) is 0.611. The van der Waals surface area contributed by atoms with Crippen LogP contribution in [0.4, 0.5) is 0 Å². The monoisotopic (exact) mass is 406 g/mol. The topological polar surface area (TPSA) is 43.8 Å². The van der Waals surface area contributed by atoms with Crippen LogP contribution in [-0.4, -0.2) is 59.1 Å². The molecule has 1 aromatic rings. The highest BCUT2D eigenvalue weighted by Gasteiger charge is 2.34. The van der Waals surface area contributed by atoms with Crippen molar-refractivity contribution < 1.29 is 9.90 Å². The number of nitrogens with zero attached hydrogens (tertiary/aromatic N) is 2. The van der Waals surface area contributed by atoms with Crippen LogP contribution in [0.5, 0.6) is 0 Å². The van der Waals surface area contributed by atoms with Gasteiger partial charge in [-0.1, -0.05) is 29.3 Å². The first kappa shape index (κ1) is 20.8. The second-order valence-corrected chi connectivity index (χ2v) is 7.61. The van der Waals surface area contributed by atoms with Crippen LogP contribution in [0.2, 0.25) is 10.0 Å². The van der Waals surface area contributed by atoms with Gasteiger partial charge in [0.25, 0.3) is 0 Å². The van der Waals surface area contributed by atoms with E-state index in [4.69, 9.17) is 23.2 Å². The second-order valence-electron chi connectivity index (χ2n) is 6.80. The Balaban J connectivity index is 0.00000225. The van der Waals surface area contributed by atoms with Crippen LogP contribution in [0.25, 0.3) is 0 Å². The number of halogens is 3. The minimum atomic E-state index is -0.433. The number of aliphatic hydroxyl groups excluding tert-OH is 1. The summed E-state index contributed by atoms with van der Waals surface area (Å²) in [5.41, 5.74) is 0.856. The molecule has 2 aliphatic rings. The molecule has 0 spiro atoms. The van der Waals surface area contributed by atoms with Gasteiger partial charge >= 0.3 is 0 Å². The van der Waals surface area contributed by atoms with Gasteiger partial charge in [0.05, 0.1) is 28.6 Å².